The third-order valence-electron chi connectivity index (χ3n) is 3.86. The molecule has 7 heteroatoms. The standard InChI is InChI=1S/C13H21N3O4/c1-16-7-9(4-5-11(16)17)14-13(20)15-10(6-12(18)19)8-2-3-8/h8-10H,2-7H2,1H3,(H,18,19)(H2,14,15,20). The highest BCUT2D eigenvalue weighted by atomic mass is 16.4. The predicted molar refractivity (Wildman–Crippen MR) is 71.1 cm³/mol. The number of nitrogens with zero attached hydrogens (tertiary/aromatic N) is 1. The van der Waals surface area contributed by atoms with Gasteiger partial charge in [-0.2, -0.15) is 0 Å². The van der Waals surface area contributed by atoms with Crippen LogP contribution >= 0.6 is 0 Å². The van der Waals surface area contributed by atoms with Crippen LogP contribution < -0.4 is 10.6 Å². The van der Waals surface area contributed by atoms with Gasteiger partial charge in [-0.15, -0.1) is 0 Å². The minimum atomic E-state index is -0.898. The number of piperidine rings is 1. The molecular formula is C13H21N3O4. The van der Waals surface area contributed by atoms with Crippen molar-refractivity contribution >= 4 is 17.9 Å². The van der Waals surface area contributed by atoms with Crippen molar-refractivity contribution in [3.8, 4) is 0 Å². The summed E-state index contributed by atoms with van der Waals surface area (Å²) < 4.78 is 0. The molecule has 0 aromatic carbocycles. The number of carboxylic acids is 1. The van der Waals surface area contributed by atoms with E-state index in [2.05, 4.69) is 10.6 Å². The second kappa shape index (κ2) is 6.11. The van der Waals surface area contributed by atoms with E-state index in [1.54, 1.807) is 11.9 Å². The predicted octanol–water partition coefficient (Wildman–Crippen LogP) is 0.160. The van der Waals surface area contributed by atoms with E-state index in [0.29, 0.717) is 19.4 Å². The highest BCUT2D eigenvalue weighted by Crippen LogP contribution is 2.34. The number of carboxylic acid groups (broad SMARTS) is 1. The molecule has 2 rings (SSSR count). The molecule has 1 aliphatic carbocycles. The van der Waals surface area contributed by atoms with E-state index in [1.807, 2.05) is 0 Å². The van der Waals surface area contributed by atoms with Gasteiger partial charge in [0.1, 0.15) is 0 Å². The number of hydrogen-bond acceptors (Lipinski definition) is 3. The second-order valence-corrected chi connectivity index (χ2v) is 5.67. The van der Waals surface area contributed by atoms with E-state index in [9.17, 15) is 14.4 Å². The first kappa shape index (κ1) is 14.6. The molecule has 112 valence electrons. The maximum atomic E-state index is 11.9. The highest BCUT2D eigenvalue weighted by Gasteiger charge is 2.34. The summed E-state index contributed by atoms with van der Waals surface area (Å²) in [6.45, 7) is 0.499. The number of aliphatic carboxylic acids is 1. The molecule has 2 fully saturated rings. The molecule has 2 aliphatic rings. The third-order valence-corrected chi connectivity index (χ3v) is 3.86. The van der Waals surface area contributed by atoms with Gasteiger partial charge in [-0.25, -0.2) is 4.79 Å². The lowest BCUT2D eigenvalue weighted by molar-refractivity contribution is -0.137. The number of likely N-dealkylation sites (N-methyl/N-ethyl adjacent to an activating group) is 1. The lowest BCUT2D eigenvalue weighted by atomic mass is 10.1. The first-order valence-electron chi connectivity index (χ1n) is 6.98. The molecule has 2 unspecified atom stereocenters. The summed E-state index contributed by atoms with van der Waals surface area (Å²) in [5, 5.41) is 14.4. The third kappa shape index (κ3) is 4.11. The molecule has 1 heterocycles. The van der Waals surface area contributed by atoms with E-state index in [0.717, 1.165) is 12.8 Å². The molecule has 7 nitrogen and oxygen atoms in total. The van der Waals surface area contributed by atoms with Crippen LogP contribution in [0, 0.1) is 5.92 Å². The van der Waals surface area contributed by atoms with Gasteiger partial charge in [-0.1, -0.05) is 0 Å². The van der Waals surface area contributed by atoms with E-state index in [1.165, 1.54) is 0 Å². The molecule has 1 saturated carbocycles. The summed E-state index contributed by atoms with van der Waals surface area (Å²) in [7, 11) is 1.71. The topological polar surface area (TPSA) is 98.7 Å². The fourth-order valence-electron chi connectivity index (χ4n) is 2.55. The first-order chi connectivity index (χ1) is 9.45. The Hall–Kier alpha value is -1.79. The largest absolute Gasteiger partial charge is 0.481 e. The van der Waals surface area contributed by atoms with Crippen molar-refractivity contribution < 1.29 is 19.5 Å². The van der Waals surface area contributed by atoms with Crippen molar-refractivity contribution in [1.82, 2.24) is 15.5 Å². The van der Waals surface area contributed by atoms with Crippen molar-refractivity contribution in [3.05, 3.63) is 0 Å². The molecule has 0 aromatic rings. The Morgan fingerprint density at radius 2 is 2.10 bits per heavy atom. The molecule has 0 aromatic heterocycles. The van der Waals surface area contributed by atoms with E-state index < -0.39 is 5.97 Å². The van der Waals surface area contributed by atoms with Crippen LogP contribution in [0.3, 0.4) is 0 Å². The fourth-order valence-corrected chi connectivity index (χ4v) is 2.55. The summed E-state index contributed by atoms with van der Waals surface area (Å²) in [5.74, 6) is -0.525. The first-order valence-corrected chi connectivity index (χ1v) is 6.98. The van der Waals surface area contributed by atoms with Crippen LogP contribution in [0.4, 0.5) is 4.79 Å². The molecule has 3 N–H and O–H groups in total. The lowest BCUT2D eigenvalue weighted by Crippen LogP contribution is -2.53. The average molecular weight is 283 g/mol. The van der Waals surface area contributed by atoms with Crippen molar-refractivity contribution in [1.29, 1.82) is 0 Å². The molecule has 0 radical (unpaired) electrons. The Morgan fingerprint density at radius 3 is 2.65 bits per heavy atom. The number of amides is 3. The van der Waals surface area contributed by atoms with Gasteiger partial charge in [-0.05, 0) is 25.2 Å². The zero-order chi connectivity index (χ0) is 14.7. The van der Waals surface area contributed by atoms with Gasteiger partial charge >= 0.3 is 12.0 Å². The maximum Gasteiger partial charge on any atom is 0.315 e. The molecule has 1 saturated heterocycles. The Labute approximate surface area is 117 Å². The van der Waals surface area contributed by atoms with Gasteiger partial charge in [0.15, 0.2) is 0 Å². The quantitative estimate of drug-likeness (QED) is 0.669. The van der Waals surface area contributed by atoms with Gasteiger partial charge in [0.2, 0.25) is 5.91 Å². The Bertz CT molecular complexity index is 408. The van der Waals surface area contributed by atoms with E-state index in [4.69, 9.17) is 5.11 Å². The maximum absolute atomic E-state index is 11.9. The van der Waals surface area contributed by atoms with Crippen LogP contribution in [0.25, 0.3) is 0 Å². The lowest BCUT2D eigenvalue weighted by Gasteiger charge is -2.30. The van der Waals surface area contributed by atoms with Crippen molar-refractivity contribution in [2.75, 3.05) is 13.6 Å². The Kier molecular flexibility index (Phi) is 4.46. The van der Waals surface area contributed by atoms with E-state index >= 15 is 0 Å². The Balaban J connectivity index is 1.79. The minimum absolute atomic E-state index is 0.0405. The number of likely N-dealkylation sites (tertiary alicyclic amines) is 1. The zero-order valence-electron chi connectivity index (χ0n) is 11.6. The number of hydrogen-bond donors (Lipinski definition) is 3. The summed E-state index contributed by atoms with van der Waals surface area (Å²) in [6.07, 6.45) is 2.96. The SMILES string of the molecule is CN1CC(NC(=O)NC(CC(=O)O)C2CC2)CCC1=O. The normalized spacial score (nSPS) is 24.1. The van der Waals surface area contributed by atoms with Gasteiger partial charge < -0.3 is 20.6 Å². The van der Waals surface area contributed by atoms with Crippen molar-refractivity contribution in [2.24, 2.45) is 5.92 Å². The zero-order valence-corrected chi connectivity index (χ0v) is 11.6. The molecule has 0 bridgehead atoms. The van der Waals surface area contributed by atoms with Gasteiger partial charge in [-0.3, -0.25) is 9.59 Å². The molecular weight excluding hydrogens is 262 g/mol. The molecule has 1 aliphatic heterocycles. The van der Waals surface area contributed by atoms with Crippen LogP contribution in [0.5, 0.6) is 0 Å². The van der Waals surface area contributed by atoms with Gasteiger partial charge in [0.25, 0.3) is 0 Å². The smallest absolute Gasteiger partial charge is 0.315 e. The van der Waals surface area contributed by atoms with Crippen molar-refractivity contribution in [2.45, 2.75) is 44.2 Å². The second-order valence-electron chi connectivity index (χ2n) is 5.67. The summed E-state index contributed by atoms with van der Waals surface area (Å²) in [5.41, 5.74) is 0. The number of nitrogens with one attached hydrogen (secondary N) is 2. The number of carbonyl (C=O) groups excluding carboxylic acids is 2. The average Bonchev–Trinajstić information content (AvgIpc) is 3.16. The fraction of sp³-hybridized carbons (Fsp3) is 0.769. The summed E-state index contributed by atoms with van der Waals surface area (Å²) in [6, 6.07) is -0.700. The summed E-state index contributed by atoms with van der Waals surface area (Å²) in [4.78, 5) is 35.6. The monoisotopic (exact) mass is 283 g/mol. The molecule has 3 amide bonds. The number of rotatable bonds is 5. The molecule has 0 spiro atoms. The van der Waals surface area contributed by atoms with Gasteiger partial charge in [0, 0.05) is 32.1 Å². The summed E-state index contributed by atoms with van der Waals surface area (Å²) >= 11 is 0. The van der Waals surface area contributed by atoms with Crippen LogP contribution in [-0.4, -0.2) is 53.6 Å². The van der Waals surface area contributed by atoms with Crippen LogP contribution in [0.1, 0.15) is 32.1 Å². The Morgan fingerprint density at radius 1 is 1.40 bits per heavy atom. The minimum Gasteiger partial charge on any atom is -0.481 e. The number of urea groups is 1. The van der Waals surface area contributed by atoms with Gasteiger partial charge in [0.05, 0.1) is 6.42 Å². The van der Waals surface area contributed by atoms with Crippen LogP contribution in [-0.2, 0) is 9.59 Å². The van der Waals surface area contributed by atoms with Crippen LogP contribution in [0.2, 0.25) is 0 Å². The highest BCUT2D eigenvalue weighted by molar-refractivity contribution is 5.78. The van der Waals surface area contributed by atoms with E-state index in [-0.39, 0.29) is 36.4 Å². The molecule has 20 heavy (non-hydrogen) atoms. The van der Waals surface area contributed by atoms with Crippen LogP contribution in [0.15, 0.2) is 0 Å². The number of carbonyl (C=O) groups is 3. The molecule has 2 atom stereocenters. The van der Waals surface area contributed by atoms with Crippen molar-refractivity contribution in [3.63, 3.8) is 0 Å².